The molecule has 1 rings (SSSR count). The Labute approximate surface area is 107 Å². The van der Waals surface area contributed by atoms with E-state index in [1.807, 2.05) is 6.92 Å². The van der Waals surface area contributed by atoms with E-state index >= 15 is 0 Å². The summed E-state index contributed by atoms with van der Waals surface area (Å²) in [5, 5.41) is 0. The lowest BCUT2D eigenvalue weighted by molar-refractivity contribution is -0.124. The summed E-state index contributed by atoms with van der Waals surface area (Å²) < 4.78 is 0. The molecule has 2 heteroatoms. The Morgan fingerprint density at radius 3 is 2.29 bits per heavy atom. The molecular weight excluding hydrogens is 210 g/mol. The van der Waals surface area contributed by atoms with Gasteiger partial charge in [-0.2, -0.15) is 0 Å². The van der Waals surface area contributed by atoms with Crippen molar-refractivity contribution in [1.29, 1.82) is 0 Å². The monoisotopic (exact) mass is 239 g/mol. The van der Waals surface area contributed by atoms with Crippen LogP contribution in [0.3, 0.4) is 0 Å². The molecular formula is C15H29NO. The van der Waals surface area contributed by atoms with Crippen molar-refractivity contribution in [3.8, 4) is 0 Å². The van der Waals surface area contributed by atoms with Gasteiger partial charge in [-0.15, -0.1) is 0 Å². The third-order valence-corrected chi connectivity index (χ3v) is 3.99. The molecule has 0 aromatic rings. The van der Waals surface area contributed by atoms with Gasteiger partial charge in [0.25, 0.3) is 0 Å². The van der Waals surface area contributed by atoms with E-state index in [1.165, 1.54) is 38.8 Å². The van der Waals surface area contributed by atoms with Crippen molar-refractivity contribution < 1.29 is 4.79 Å². The van der Waals surface area contributed by atoms with E-state index in [1.54, 1.807) is 0 Å². The number of carbonyl (C=O) groups is 1. The first-order valence-corrected chi connectivity index (χ1v) is 7.49. The van der Waals surface area contributed by atoms with E-state index in [4.69, 9.17) is 0 Å². The number of ketones is 1. The number of carbonyl (C=O) groups excluding carboxylic acids is 1. The van der Waals surface area contributed by atoms with Crippen molar-refractivity contribution in [2.75, 3.05) is 13.1 Å². The Morgan fingerprint density at radius 1 is 1.12 bits per heavy atom. The van der Waals surface area contributed by atoms with Gasteiger partial charge in [0, 0.05) is 18.4 Å². The van der Waals surface area contributed by atoms with Crippen molar-refractivity contribution in [2.24, 2.45) is 5.92 Å². The molecule has 1 saturated carbocycles. The second kappa shape index (κ2) is 7.86. The van der Waals surface area contributed by atoms with Gasteiger partial charge in [-0.25, -0.2) is 0 Å². The average Bonchev–Trinajstić information content (AvgIpc) is 2.37. The first-order chi connectivity index (χ1) is 8.22. The highest BCUT2D eigenvalue weighted by Crippen LogP contribution is 2.29. The summed E-state index contributed by atoms with van der Waals surface area (Å²) in [7, 11) is 0. The van der Waals surface area contributed by atoms with Gasteiger partial charge in [-0.1, -0.05) is 27.2 Å². The minimum Gasteiger partial charge on any atom is -0.300 e. The molecule has 1 aliphatic carbocycles. The van der Waals surface area contributed by atoms with Gasteiger partial charge in [-0.3, -0.25) is 4.79 Å². The Kier molecular flexibility index (Phi) is 6.79. The predicted molar refractivity (Wildman–Crippen MR) is 73.2 cm³/mol. The Hall–Kier alpha value is -0.370. The SMILES string of the molecule is CCCN(CCC)C1CCCC(C(=O)CC)C1. The fourth-order valence-corrected chi connectivity index (χ4v) is 3.13. The van der Waals surface area contributed by atoms with Gasteiger partial charge in [0.15, 0.2) is 0 Å². The maximum Gasteiger partial charge on any atom is 0.135 e. The van der Waals surface area contributed by atoms with Crippen molar-refractivity contribution in [3.05, 3.63) is 0 Å². The van der Waals surface area contributed by atoms with E-state index in [0.717, 1.165) is 19.3 Å². The molecule has 0 radical (unpaired) electrons. The van der Waals surface area contributed by atoms with Gasteiger partial charge in [0.1, 0.15) is 5.78 Å². The van der Waals surface area contributed by atoms with E-state index in [-0.39, 0.29) is 0 Å². The molecule has 2 nitrogen and oxygen atoms in total. The molecule has 0 amide bonds. The first kappa shape index (κ1) is 14.7. The third kappa shape index (κ3) is 4.42. The van der Waals surface area contributed by atoms with Crippen LogP contribution in [0.5, 0.6) is 0 Å². The molecule has 0 N–H and O–H groups in total. The van der Waals surface area contributed by atoms with Crippen LogP contribution < -0.4 is 0 Å². The summed E-state index contributed by atoms with van der Waals surface area (Å²) in [6.45, 7) is 8.90. The number of hydrogen-bond acceptors (Lipinski definition) is 2. The first-order valence-electron chi connectivity index (χ1n) is 7.49. The lowest BCUT2D eigenvalue weighted by Gasteiger charge is -2.37. The topological polar surface area (TPSA) is 20.3 Å². The molecule has 2 atom stereocenters. The van der Waals surface area contributed by atoms with Crippen LogP contribution in [0.15, 0.2) is 0 Å². The van der Waals surface area contributed by atoms with Crippen molar-refractivity contribution in [2.45, 2.75) is 71.8 Å². The lowest BCUT2D eigenvalue weighted by atomic mass is 9.81. The molecule has 0 heterocycles. The average molecular weight is 239 g/mol. The number of hydrogen-bond donors (Lipinski definition) is 0. The molecule has 2 unspecified atom stereocenters. The quantitative estimate of drug-likeness (QED) is 0.676. The van der Waals surface area contributed by atoms with Crippen molar-refractivity contribution in [3.63, 3.8) is 0 Å². The standard InChI is InChI=1S/C15H29NO/c1-4-10-16(11-5-2)14-9-7-8-13(12-14)15(17)6-3/h13-14H,4-12H2,1-3H3. The van der Waals surface area contributed by atoms with Crippen LogP contribution in [-0.2, 0) is 4.79 Å². The number of nitrogens with zero attached hydrogens (tertiary/aromatic N) is 1. The van der Waals surface area contributed by atoms with Gasteiger partial charge < -0.3 is 4.90 Å². The van der Waals surface area contributed by atoms with Gasteiger partial charge in [0.2, 0.25) is 0 Å². The van der Waals surface area contributed by atoms with Crippen LogP contribution in [0.1, 0.15) is 65.7 Å². The van der Waals surface area contributed by atoms with E-state index in [9.17, 15) is 4.79 Å². The normalized spacial score (nSPS) is 25.2. The van der Waals surface area contributed by atoms with E-state index in [0.29, 0.717) is 17.7 Å². The minimum absolute atomic E-state index is 0.356. The van der Waals surface area contributed by atoms with Crippen LogP contribution in [-0.4, -0.2) is 29.8 Å². The number of Topliss-reactive ketones (excluding diaryl/α,β-unsaturated/α-hetero) is 1. The number of rotatable bonds is 7. The van der Waals surface area contributed by atoms with Gasteiger partial charge in [-0.05, 0) is 45.2 Å². The maximum absolute atomic E-state index is 11.8. The van der Waals surface area contributed by atoms with Crippen LogP contribution in [0.25, 0.3) is 0 Å². The highest BCUT2D eigenvalue weighted by atomic mass is 16.1. The Bertz CT molecular complexity index is 221. The zero-order valence-corrected chi connectivity index (χ0v) is 11.9. The molecule has 0 aromatic carbocycles. The summed E-state index contributed by atoms with van der Waals surface area (Å²) in [5.74, 6) is 0.845. The van der Waals surface area contributed by atoms with Crippen molar-refractivity contribution in [1.82, 2.24) is 4.90 Å². The van der Waals surface area contributed by atoms with Crippen LogP contribution in [0.2, 0.25) is 0 Å². The molecule has 0 spiro atoms. The molecule has 100 valence electrons. The summed E-state index contributed by atoms with van der Waals surface area (Å²) in [5.41, 5.74) is 0. The Balaban J connectivity index is 2.53. The van der Waals surface area contributed by atoms with Crippen molar-refractivity contribution >= 4 is 5.78 Å². The minimum atomic E-state index is 0.356. The summed E-state index contributed by atoms with van der Waals surface area (Å²) in [4.78, 5) is 14.5. The summed E-state index contributed by atoms with van der Waals surface area (Å²) in [6, 6.07) is 0.671. The highest BCUT2D eigenvalue weighted by molar-refractivity contribution is 5.80. The Morgan fingerprint density at radius 2 is 1.76 bits per heavy atom. The van der Waals surface area contributed by atoms with Gasteiger partial charge in [0.05, 0.1) is 0 Å². The molecule has 1 aliphatic rings. The van der Waals surface area contributed by atoms with Gasteiger partial charge >= 0.3 is 0 Å². The lowest BCUT2D eigenvalue weighted by Crippen LogP contribution is -2.41. The molecule has 0 aromatic heterocycles. The second-order valence-corrected chi connectivity index (χ2v) is 5.37. The molecule has 0 bridgehead atoms. The van der Waals surface area contributed by atoms with Crippen LogP contribution >= 0.6 is 0 Å². The zero-order valence-electron chi connectivity index (χ0n) is 11.9. The second-order valence-electron chi connectivity index (χ2n) is 5.37. The smallest absolute Gasteiger partial charge is 0.135 e. The summed E-state index contributed by atoms with van der Waals surface area (Å²) in [6.07, 6.45) is 7.96. The molecule has 1 fully saturated rings. The highest BCUT2D eigenvalue weighted by Gasteiger charge is 2.28. The third-order valence-electron chi connectivity index (χ3n) is 3.99. The molecule has 0 aliphatic heterocycles. The van der Waals surface area contributed by atoms with Crippen LogP contribution in [0.4, 0.5) is 0 Å². The fourth-order valence-electron chi connectivity index (χ4n) is 3.13. The molecule has 0 saturated heterocycles. The zero-order chi connectivity index (χ0) is 12.7. The largest absolute Gasteiger partial charge is 0.300 e. The molecule has 17 heavy (non-hydrogen) atoms. The summed E-state index contributed by atoms with van der Waals surface area (Å²) >= 11 is 0. The fraction of sp³-hybridized carbons (Fsp3) is 0.933. The van der Waals surface area contributed by atoms with E-state index in [2.05, 4.69) is 18.7 Å². The maximum atomic E-state index is 11.8. The predicted octanol–water partition coefficient (Wildman–Crippen LogP) is 3.65. The van der Waals surface area contributed by atoms with E-state index < -0.39 is 0 Å². The van der Waals surface area contributed by atoms with Crippen LogP contribution in [0, 0.1) is 5.92 Å².